The second kappa shape index (κ2) is 9.18. The summed E-state index contributed by atoms with van der Waals surface area (Å²) in [4.78, 5) is 22.0. The molecule has 14 heteroatoms. The van der Waals surface area contributed by atoms with E-state index in [-0.39, 0.29) is 4.90 Å². The van der Waals surface area contributed by atoms with Crippen LogP contribution in [0.25, 0.3) is 0 Å². The number of carbonyl (C=O) groups is 1. The zero-order valence-corrected chi connectivity index (χ0v) is 16.9. The summed E-state index contributed by atoms with van der Waals surface area (Å²) in [7, 11) is -2.68. The number of rotatable bonds is 8. The highest BCUT2D eigenvalue weighted by molar-refractivity contribution is 7.89. The van der Waals surface area contributed by atoms with E-state index in [4.69, 9.17) is 4.74 Å². The number of amides is 1. The zero-order valence-electron chi connectivity index (χ0n) is 16.1. The van der Waals surface area contributed by atoms with Gasteiger partial charge in [-0.15, -0.1) is 0 Å². The van der Waals surface area contributed by atoms with Crippen molar-refractivity contribution in [1.29, 1.82) is 0 Å². The molecule has 0 bridgehead atoms. The Hall–Kier alpha value is -3.39. The monoisotopic (exact) mass is 462 g/mol. The van der Waals surface area contributed by atoms with Crippen LogP contribution in [0, 0.1) is 10.1 Å². The number of alkyl halides is 3. The minimum absolute atomic E-state index is 0.140. The predicted molar refractivity (Wildman–Crippen MR) is 103 cm³/mol. The standard InChI is InChI=1S/C17H17F3N4O6S/c1-10(23-31(28,29)13-6-4-12(30-2)5-7-13)16(25)22-21-14-8-3-11(17(18,19)20)9-15(14)24(26)27/h3-10,21,23H,1-2H3,(H,22,25)/t10-/m0/s1. The first-order valence-corrected chi connectivity index (χ1v) is 9.91. The Morgan fingerprint density at radius 3 is 2.29 bits per heavy atom. The lowest BCUT2D eigenvalue weighted by Gasteiger charge is -2.16. The van der Waals surface area contributed by atoms with E-state index < -0.39 is 50.0 Å². The van der Waals surface area contributed by atoms with Crippen molar-refractivity contribution in [2.75, 3.05) is 12.5 Å². The molecule has 0 radical (unpaired) electrons. The topological polar surface area (TPSA) is 140 Å². The van der Waals surface area contributed by atoms with E-state index in [9.17, 15) is 36.5 Å². The van der Waals surface area contributed by atoms with Crippen molar-refractivity contribution >= 4 is 27.3 Å². The molecular weight excluding hydrogens is 445 g/mol. The normalized spacial score (nSPS) is 12.7. The maximum absolute atomic E-state index is 12.7. The number of nitrogens with zero attached hydrogens (tertiary/aromatic N) is 1. The number of carbonyl (C=O) groups excluding carboxylic acids is 1. The number of ether oxygens (including phenoxy) is 1. The van der Waals surface area contributed by atoms with Gasteiger partial charge in [0.15, 0.2) is 0 Å². The smallest absolute Gasteiger partial charge is 0.416 e. The highest BCUT2D eigenvalue weighted by Gasteiger charge is 2.33. The van der Waals surface area contributed by atoms with E-state index in [1.165, 1.54) is 38.3 Å². The van der Waals surface area contributed by atoms with Crippen LogP contribution in [-0.2, 0) is 21.0 Å². The van der Waals surface area contributed by atoms with Crippen LogP contribution in [0.5, 0.6) is 5.75 Å². The Bertz CT molecular complexity index is 1070. The number of nitrogens with one attached hydrogen (secondary N) is 3. The first-order valence-electron chi connectivity index (χ1n) is 8.43. The first-order chi connectivity index (χ1) is 14.3. The summed E-state index contributed by atoms with van der Waals surface area (Å²) in [6.07, 6.45) is -4.79. The van der Waals surface area contributed by atoms with Gasteiger partial charge in [0.25, 0.3) is 11.6 Å². The van der Waals surface area contributed by atoms with Crippen molar-refractivity contribution < 1.29 is 36.0 Å². The molecule has 0 fully saturated rings. The molecule has 0 aromatic heterocycles. The summed E-state index contributed by atoms with van der Waals surface area (Å²) >= 11 is 0. The number of hydrazine groups is 1. The van der Waals surface area contributed by atoms with E-state index in [0.29, 0.717) is 17.9 Å². The lowest BCUT2D eigenvalue weighted by Crippen LogP contribution is -2.46. The third-order valence-electron chi connectivity index (χ3n) is 3.94. The predicted octanol–water partition coefficient (Wildman–Crippen LogP) is 2.43. The van der Waals surface area contributed by atoms with E-state index in [1.54, 1.807) is 0 Å². The van der Waals surface area contributed by atoms with Crippen LogP contribution >= 0.6 is 0 Å². The molecule has 2 aromatic rings. The Kier molecular flexibility index (Phi) is 7.07. The van der Waals surface area contributed by atoms with Crippen LogP contribution in [-0.4, -0.2) is 32.4 Å². The highest BCUT2D eigenvalue weighted by Crippen LogP contribution is 2.34. The quantitative estimate of drug-likeness (QED) is 0.404. The van der Waals surface area contributed by atoms with Crippen LogP contribution in [0.3, 0.4) is 0 Å². The number of anilines is 1. The Morgan fingerprint density at radius 2 is 1.77 bits per heavy atom. The third kappa shape index (κ3) is 6.05. The lowest BCUT2D eigenvalue weighted by atomic mass is 10.1. The molecule has 2 aromatic carbocycles. The average Bonchev–Trinajstić information content (AvgIpc) is 2.70. The Balaban J connectivity index is 2.08. The number of methoxy groups -OCH3 is 1. The molecule has 31 heavy (non-hydrogen) atoms. The Labute approximate surface area is 174 Å². The summed E-state index contributed by atoms with van der Waals surface area (Å²) in [6, 6.07) is 5.68. The van der Waals surface area contributed by atoms with Gasteiger partial charge in [0.1, 0.15) is 11.4 Å². The van der Waals surface area contributed by atoms with Crippen molar-refractivity contribution in [3.63, 3.8) is 0 Å². The fourth-order valence-electron chi connectivity index (χ4n) is 2.31. The van der Waals surface area contributed by atoms with Gasteiger partial charge in [-0.3, -0.25) is 25.8 Å². The number of nitro groups is 1. The fourth-order valence-corrected chi connectivity index (χ4v) is 3.51. The number of hydrogen-bond donors (Lipinski definition) is 3. The second-order valence-electron chi connectivity index (χ2n) is 6.12. The van der Waals surface area contributed by atoms with Crippen LogP contribution in [0.15, 0.2) is 47.4 Å². The molecule has 10 nitrogen and oxygen atoms in total. The second-order valence-corrected chi connectivity index (χ2v) is 7.83. The van der Waals surface area contributed by atoms with Crippen LogP contribution in [0.1, 0.15) is 12.5 Å². The van der Waals surface area contributed by atoms with Gasteiger partial charge in [0.05, 0.1) is 28.5 Å². The summed E-state index contributed by atoms with van der Waals surface area (Å²) in [5.41, 5.74) is 1.57. The zero-order chi connectivity index (χ0) is 23.4. The van der Waals surface area contributed by atoms with E-state index in [1.807, 2.05) is 5.43 Å². The van der Waals surface area contributed by atoms with E-state index in [0.717, 1.165) is 6.07 Å². The molecule has 1 amide bonds. The minimum atomic E-state index is -4.79. The third-order valence-corrected chi connectivity index (χ3v) is 5.49. The maximum atomic E-state index is 12.7. The van der Waals surface area contributed by atoms with Gasteiger partial charge in [-0.2, -0.15) is 17.9 Å². The molecular formula is C17H17F3N4O6S. The van der Waals surface area contributed by atoms with E-state index >= 15 is 0 Å². The van der Waals surface area contributed by atoms with Gasteiger partial charge in [-0.1, -0.05) is 0 Å². The summed E-state index contributed by atoms with van der Waals surface area (Å²) < 4.78 is 69.9. The SMILES string of the molecule is COc1ccc(S(=O)(=O)N[C@@H](C)C(=O)NNc2ccc(C(F)(F)F)cc2[N+](=O)[O-])cc1. The van der Waals surface area contributed by atoms with Crippen LogP contribution in [0.2, 0.25) is 0 Å². The Morgan fingerprint density at radius 1 is 1.16 bits per heavy atom. The minimum Gasteiger partial charge on any atom is -0.497 e. The van der Waals surface area contributed by atoms with Crippen LogP contribution < -0.4 is 20.3 Å². The first kappa shape index (κ1) is 23.9. The molecule has 0 spiro atoms. The molecule has 0 saturated heterocycles. The van der Waals surface area contributed by atoms with Gasteiger partial charge in [0.2, 0.25) is 10.0 Å². The van der Waals surface area contributed by atoms with Crippen molar-refractivity contribution in [1.82, 2.24) is 10.1 Å². The van der Waals surface area contributed by atoms with Crippen molar-refractivity contribution in [3.05, 3.63) is 58.1 Å². The number of benzene rings is 2. The lowest BCUT2D eigenvalue weighted by molar-refractivity contribution is -0.384. The molecule has 0 heterocycles. The molecule has 2 rings (SSSR count). The van der Waals surface area contributed by atoms with Gasteiger partial charge < -0.3 is 4.74 Å². The molecule has 0 aliphatic rings. The summed E-state index contributed by atoms with van der Waals surface area (Å²) in [6.45, 7) is 1.21. The molecule has 0 unspecified atom stereocenters. The number of hydrogen-bond acceptors (Lipinski definition) is 7. The molecule has 3 N–H and O–H groups in total. The summed E-state index contributed by atoms with van der Waals surface area (Å²) in [5, 5.41) is 11.1. The van der Waals surface area contributed by atoms with Crippen LogP contribution in [0.4, 0.5) is 24.5 Å². The fraction of sp³-hybridized carbons (Fsp3) is 0.235. The largest absolute Gasteiger partial charge is 0.497 e. The van der Waals surface area contributed by atoms with Crippen molar-refractivity contribution in [2.45, 2.75) is 24.0 Å². The van der Waals surface area contributed by atoms with Gasteiger partial charge in [-0.25, -0.2) is 8.42 Å². The van der Waals surface area contributed by atoms with Gasteiger partial charge in [-0.05, 0) is 43.3 Å². The number of sulfonamides is 1. The van der Waals surface area contributed by atoms with Gasteiger partial charge >= 0.3 is 6.18 Å². The average molecular weight is 462 g/mol. The highest BCUT2D eigenvalue weighted by atomic mass is 32.2. The number of nitro benzene ring substituents is 1. The van der Waals surface area contributed by atoms with Gasteiger partial charge in [0, 0.05) is 6.07 Å². The summed E-state index contributed by atoms with van der Waals surface area (Å²) in [5.74, 6) is -0.515. The molecule has 1 atom stereocenters. The number of halogens is 3. The van der Waals surface area contributed by atoms with E-state index in [2.05, 4.69) is 10.1 Å². The van der Waals surface area contributed by atoms with Crippen molar-refractivity contribution in [3.8, 4) is 5.75 Å². The maximum Gasteiger partial charge on any atom is 0.416 e. The molecule has 0 aliphatic heterocycles. The molecule has 0 aliphatic carbocycles. The van der Waals surface area contributed by atoms with Crippen molar-refractivity contribution in [2.24, 2.45) is 0 Å². The molecule has 168 valence electrons. The molecule has 0 saturated carbocycles.